The minimum Gasteiger partial charge on any atom is -0.467 e. The van der Waals surface area contributed by atoms with Crippen LogP contribution in [0.2, 0.25) is 0 Å². The van der Waals surface area contributed by atoms with Crippen molar-refractivity contribution in [2.24, 2.45) is 0 Å². The van der Waals surface area contributed by atoms with Crippen molar-refractivity contribution in [1.29, 1.82) is 0 Å². The Kier molecular flexibility index (Phi) is 4.07. The number of aromatic nitrogens is 3. The van der Waals surface area contributed by atoms with E-state index in [9.17, 15) is 14.7 Å². The topological polar surface area (TPSA) is 118 Å². The number of ether oxygens (including phenoxy) is 1. The molecule has 0 spiro atoms. The van der Waals surface area contributed by atoms with Gasteiger partial charge >= 0.3 is 5.97 Å². The highest BCUT2D eigenvalue weighted by molar-refractivity contribution is 5.92. The van der Waals surface area contributed by atoms with Gasteiger partial charge in [0.15, 0.2) is 11.8 Å². The van der Waals surface area contributed by atoms with Crippen molar-refractivity contribution in [1.82, 2.24) is 25.6 Å². The molecule has 2 heterocycles. The van der Waals surface area contributed by atoms with Crippen LogP contribution in [0.15, 0.2) is 6.20 Å². The molecular formula is C10H15N5O4. The summed E-state index contributed by atoms with van der Waals surface area (Å²) in [7, 11) is 1.16. The number of methoxy groups -OCH3 is 1. The molecule has 0 aromatic carbocycles. The van der Waals surface area contributed by atoms with Gasteiger partial charge in [-0.2, -0.15) is 0 Å². The van der Waals surface area contributed by atoms with Gasteiger partial charge in [-0.25, -0.2) is 9.48 Å². The number of amides is 1. The van der Waals surface area contributed by atoms with Gasteiger partial charge in [-0.1, -0.05) is 5.21 Å². The number of aliphatic hydroxyl groups excluding tert-OH is 1. The van der Waals surface area contributed by atoms with E-state index in [2.05, 4.69) is 25.7 Å². The normalized spacial score (nSPS) is 16.5. The van der Waals surface area contributed by atoms with Crippen molar-refractivity contribution >= 4 is 11.9 Å². The second-order valence-electron chi connectivity index (χ2n) is 4.14. The lowest BCUT2D eigenvalue weighted by atomic mass is 10.2. The number of carbonyl (C=O) groups is 2. The highest BCUT2D eigenvalue weighted by Crippen LogP contribution is 2.09. The third kappa shape index (κ3) is 3.06. The molecule has 1 fully saturated rings. The largest absolute Gasteiger partial charge is 0.467 e. The maximum atomic E-state index is 11.7. The Bertz CT molecular complexity index is 470. The SMILES string of the molecule is COC(=O)C(O)CNC(=O)c1cn(C2CNC2)nn1. The molecule has 1 atom stereocenters. The molecule has 2 rings (SSSR count). The van der Waals surface area contributed by atoms with E-state index in [-0.39, 0.29) is 18.3 Å². The van der Waals surface area contributed by atoms with E-state index in [1.54, 1.807) is 4.68 Å². The maximum Gasteiger partial charge on any atom is 0.336 e. The number of hydrogen-bond acceptors (Lipinski definition) is 7. The van der Waals surface area contributed by atoms with Crippen LogP contribution < -0.4 is 10.6 Å². The Morgan fingerprint density at radius 2 is 2.42 bits per heavy atom. The lowest BCUT2D eigenvalue weighted by molar-refractivity contribution is -0.149. The van der Waals surface area contributed by atoms with E-state index < -0.39 is 18.0 Å². The maximum absolute atomic E-state index is 11.7. The summed E-state index contributed by atoms with van der Waals surface area (Å²) < 4.78 is 5.94. The number of esters is 1. The average Bonchev–Trinajstić information content (AvgIpc) is 2.81. The Morgan fingerprint density at radius 3 is 3.00 bits per heavy atom. The van der Waals surface area contributed by atoms with Crippen molar-refractivity contribution in [2.45, 2.75) is 12.1 Å². The first kappa shape index (κ1) is 13.4. The van der Waals surface area contributed by atoms with Gasteiger partial charge < -0.3 is 20.5 Å². The van der Waals surface area contributed by atoms with Gasteiger partial charge in [0.05, 0.1) is 25.9 Å². The van der Waals surface area contributed by atoms with Gasteiger partial charge in [0.1, 0.15) is 0 Å². The van der Waals surface area contributed by atoms with Crippen molar-refractivity contribution in [2.75, 3.05) is 26.7 Å². The van der Waals surface area contributed by atoms with E-state index in [4.69, 9.17) is 0 Å². The van der Waals surface area contributed by atoms with E-state index in [1.807, 2.05) is 0 Å². The monoisotopic (exact) mass is 269 g/mol. The fourth-order valence-electron chi connectivity index (χ4n) is 1.52. The summed E-state index contributed by atoms with van der Waals surface area (Å²) in [4.78, 5) is 22.6. The molecule has 104 valence electrons. The van der Waals surface area contributed by atoms with Gasteiger partial charge in [-0.3, -0.25) is 4.79 Å². The fraction of sp³-hybridized carbons (Fsp3) is 0.600. The molecule has 1 saturated heterocycles. The fourth-order valence-corrected chi connectivity index (χ4v) is 1.52. The summed E-state index contributed by atoms with van der Waals surface area (Å²) in [6.45, 7) is 1.36. The van der Waals surface area contributed by atoms with Crippen molar-refractivity contribution in [3.05, 3.63) is 11.9 Å². The molecule has 1 aromatic rings. The highest BCUT2D eigenvalue weighted by Gasteiger charge is 2.22. The first-order valence-electron chi connectivity index (χ1n) is 5.78. The minimum atomic E-state index is -1.39. The van der Waals surface area contributed by atoms with Crippen LogP contribution in [0.1, 0.15) is 16.5 Å². The standard InChI is InChI=1S/C10H15N5O4/c1-19-10(18)8(16)4-12-9(17)7-5-15(14-13-7)6-2-11-3-6/h5-6,8,11,16H,2-4H2,1H3,(H,12,17). The summed E-state index contributed by atoms with van der Waals surface area (Å²) >= 11 is 0. The van der Waals surface area contributed by atoms with Crippen molar-refractivity contribution in [3.8, 4) is 0 Å². The predicted molar refractivity (Wildman–Crippen MR) is 62.3 cm³/mol. The van der Waals surface area contributed by atoms with Gasteiger partial charge in [-0.15, -0.1) is 5.10 Å². The smallest absolute Gasteiger partial charge is 0.336 e. The zero-order valence-corrected chi connectivity index (χ0v) is 10.4. The average molecular weight is 269 g/mol. The first-order chi connectivity index (χ1) is 9.11. The molecule has 19 heavy (non-hydrogen) atoms. The second kappa shape index (κ2) is 5.76. The molecule has 0 aliphatic carbocycles. The first-order valence-corrected chi connectivity index (χ1v) is 5.78. The van der Waals surface area contributed by atoms with Crippen LogP contribution in [0.3, 0.4) is 0 Å². The lowest BCUT2D eigenvalue weighted by Crippen LogP contribution is -2.43. The van der Waals surface area contributed by atoms with Crippen molar-refractivity contribution < 1.29 is 19.4 Å². The molecular weight excluding hydrogens is 254 g/mol. The summed E-state index contributed by atoms with van der Waals surface area (Å²) in [5.41, 5.74) is 0.143. The molecule has 1 amide bonds. The van der Waals surface area contributed by atoms with Crippen LogP contribution in [0.4, 0.5) is 0 Å². The Hall–Kier alpha value is -2.00. The van der Waals surface area contributed by atoms with E-state index in [1.165, 1.54) is 6.20 Å². The van der Waals surface area contributed by atoms with Gasteiger partial charge in [0.2, 0.25) is 0 Å². The molecule has 3 N–H and O–H groups in total. The number of carbonyl (C=O) groups excluding carboxylic acids is 2. The van der Waals surface area contributed by atoms with Gasteiger partial charge in [0, 0.05) is 13.1 Å². The lowest BCUT2D eigenvalue weighted by Gasteiger charge is -2.26. The number of nitrogens with one attached hydrogen (secondary N) is 2. The summed E-state index contributed by atoms with van der Waals surface area (Å²) in [6.07, 6.45) is 0.144. The molecule has 1 unspecified atom stereocenters. The Balaban J connectivity index is 1.85. The summed E-state index contributed by atoms with van der Waals surface area (Å²) in [6, 6.07) is 0.217. The van der Waals surface area contributed by atoms with Crippen molar-refractivity contribution in [3.63, 3.8) is 0 Å². The number of hydrogen-bond donors (Lipinski definition) is 3. The Morgan fingerprint density at radius 1 is 1.68 bits per heavy atom. The van der Waals surface area contributed by atoms with Gasteiger partial charge in [0.25, 0.3) is 5.91 Å². The molecule has 0 bridgehead atoms. The molecule has 0 radical (unpaired) electrons. The molecule has 1 aliphatic heterocycles. The number of rotatable bonds is 5. The summed E-state index contributed by atoms with van der Waals surface area (Å²) in [5, 5.41) is 22.4. The van der Waals surface area contributed by atoms with E-state index in [0.717, 1.165) is 20.2 Å². The molecule has 9 heteroatoms. The van der Waals surface area contributed by atoms with Crippen LogP contribution in [-0.4, -0.2) is 64.8 Å². The van der Waals surface area contributed by atoms with Gasteiger partial charge in [-0.05, 0) is 0 Å². The van der Waals surface area contributed by atoms with Crippen LogP contribution in [-0.2, 0) is 9.53 Å². The molecule has 1 aromatic heterocycles. The molecule has 9 nitrogen and oxygen atoms in total. The van der Waals surface area contributed by atoms with E-state index >= 15 is 0 Å². The Labute approximate surface area is 108 Å². The highest BCUT2D eigenvalue weighted by atomic mass is 16.5. The zero-order valence-electron chi connectivity index (χ0n) is 10.4. The quantitative estimate of drug-likeness (QED) is 0.514. The van der Waals surface area contributed by atoms with Crippen LogP contribution in [0, 0.1) is 0 Å². The number of aliphatic hydroxyl groups is 1. The van der Waals surface area contributed by atoms with E-state index in [0.29, 0.717) is 0 Å². The summed E-state index contributed by atoms with van der Waals surface area (Å²) in [5.74, 6) is -1.30. The predicted octanol–water partition coefficient (Wildman–Crippen LogP) is -2.31. The van der Waals surface area contributed by atoms with Crippen LogP contribution in [0.25, 0.3) is 0 Å². The zero-order chi connectivity index (χ0) is 13.8. The van der Waals surface area contributed by atoms with Crippen LogP contribution >= 0.6 is 0 Å². The second-order valence-corrected chi connectivity index (χ2v) is 4.14. The minimum absolute atomic E-state index is 0.143. The van der Waals surface area contributed by atoms with Crippen LogP contribution in [0.5, 0.6) is 0 Å². The third-order valence-corrected chi connectivity index (χ3v) is 2.81. The molecule has 0 saturated carbocycles. The molecule has 1 aliphatic rings. The third-order valence-electron chi connectivity index (χ3n) is 2.81. The number of nitrogens with zero attached hydrogens (tertiary/aromatic N) is 3.